The van der Waals surface area contributed by atoms with E-state index >= 15 is 0 Å². The second-order valence-electron chi connectivity index (χ2n) is 15.2. The third kappa shape index (κ3) is 8.22. The van der Waals surface area contributed by atoms with Gasteiger partial charge in [-0.2, -0.15) is 0 Å². The summed E-state index contributed by atoms with van der Waals surface area (Å²) in [4.78, 5) is 0. The summed E-state index contributed by atoms with van der Waals surface area (Å²) < 4.78 is 19.7. The van der Waals surface area contributed by atoms with Gasteiger partial charge in [-0.15, -0.1) is 0 Å². The molecule has 0 spiro atoms. The van der Waals surface area contributed by atoms with Crippen molar-refractivity contribution < 1.29 is 13.6 Å². The molecule has 0 aliphatic heterocycles. The summed E-state index contributed by atoms with van der Waals surface area (Å²) >= 11 is 0. The van der Waals surface area contributed by atoms with Crippen molar-refractivity contribution in [2.24, 2.45) is 0 Å². The van der Waals surface area contributed by atoms with Crippen molar-refractivity contribution >= 4 is 8.60 Å². The molecule has 1 aliphatic rings. The number of hydrogen-bond acceptors (Lipinski definition) is 3. The number of rotatable bonds is 6. The first-order valence-electron chi connectivity index (χ1n) is 14.5. The highest BCUT2D eigenvalue weighted by atomic mass is 31.2. The fraction of sp³-hybridized carbons (Fsp3) is 0.647. The molecule has 1 saturated carbocycles. The second kappa shape index (κ2) is 11.5. The van der Waals surface area contributed by atoms with E-state index in [0.29, 0.717) is 0 Å². The molecule has 4 heteroatoms. The van der Waals surface area contributed by atoms with Gasteiger partial charge < -0.3 is 9.05 Å². The van der Waals surface area contributed by atoms with Crippen LogP contribution in [0.5, 0.6) is 11.5 Å². The van der Waals surface area contributed by atoms with E-state index in [1.54, 1.807) is 0 Å². The van der Waals surface area contributed by atoms with Gasteiger partial charge in [-0.05, 0) is 81.0 Å². The highest BCUT2D eigenvalue weighted by Crippen LogP contribution is 2.47. The Hall–Kier alpha value is -1.57. The monoisotopic (exact) mass is 540 g/mol. The molecule has 0 saturated heterocycles. The first-order valence-corrected chi connectivity index (χ1v) is 15.6. The van der Waals surface area contributed by atoms with Crippen molar-refractivity contribution in [3.05, 3.63) is 58.7 Å². The van der Waals surface area contributed by atoms with Crippen LogP contribution in [-0.2, 0) is 26.2 Å². The molecular formula is C34H53O3P. The van der Waals surface area contributed by atoms with Gasteiger partial charge in [-0.3, -0.25) is 4.52 Å². The van der Waals surface area contributed by atoms with E-state index in [1.807, 2.05) is 0 Å². The Morgan fingerprint density at radius 3 is 1.24 bits per heavy atom. The molecule has 0 amide bonds. The van der Waals surface area contributed by atoms with Crippen LogP contribution in [0.1, 0.15) is 137 Å². The van der Waals surface area contributed by atoms with E-state index in [1.165, 1.54) is 41.5 Å². The Bertz CT molecular complexity index is 993. The van der Waals surface area contributed by atoms with Gasteiger partial charge in [0, 0.05) is 0 Å². The van der Waals surface area contributed by atoms with Crippen LogP contribution in [0.25, 0.3) is 0 Å². The molecule has 0 aromatic heterocycles. The van der Waals surface area contributed by atoms with Crippen LogP contribution in [0.2, 0.25) is 0 Å². The van der Waals surface area contributed by atoms with Gasteiger partial charge in [0.1, 0.15) is 11.5 Å². The molecule has 3 rings (SSSR count). The van der Waals surface area contributed by atoms with E-state index in [-0.39, 0.29) is 27.8 Å². The van der Waals surface area contributed by atoms with Gasteiger partial charge in [0.05, 0.1) is 6.10 Å². The fourth-order valence-corrected chi connectivity index (χ4v) is 6.38. The number of benzene rings is 2. The minimum absolute atomic E-state index is 0.000218. The fourth-order valence-electron chi connectivity index (χ4n) is 5.24. The summed E-state index contributed by atoms with van der Waals surface area (Å²) in [6.45, 7) is 27.2. The Balaban J connectivity index is 1.97. The second-order valence-corrected chi connectivity index (χ2v) is 16.2. The molecule has 0 bridgehead atoms. The van der Waals surface area contributed by atoms with Crippen LogP contribution in [0.15, 0.2) is 36.4 Å². The molecule has 1 aliphatic carbocycles. The molecule has 0 atom stereocenters. The van der Waals surface area contributed by atoms with Crippen molar-refractivity contribution in [1.29, 1.82) is 0 Å². The quantitative estimate of drug-likeness (QED) is 0.341. The predicted octanol–water partition coefficient (Wildman–Crippen LogP) is 10.9. The van der Waals surface area contributed by atoms with Crippen LogP contribution >= 0.6 is 8.60 Å². The van der Waals surface area contributed by atoms with Gasteiger partial charge in [0.2, 0.25) is 0 Å². The Morgan fingerprint density at radius 1 is 0.526 bits per heavy atom. The van der Waals surface area contributed by atoms with Crippen molar-refractivity contribution in [2.75, 3.05) is 0 Å². The molecule has 38 heavy (non-hydrogen) atoms. The molecular weight excluding hydrogens is 487 g/mol. The molecule has 0 unspecified atom stereocenters. The summed E-state index contributed by atoms with van der Waals surface area (Å²) in [5.74, 6) is 1.62. The Kier molecular flexibility index (Phi) is 9.37. The minimum Gasteiger partial charge on any atom is -0.418 e. The highest BCUT2D eigenvalue weighted by molar-refractivity contribution is 7.42. The molecule has 3 nitrogen and oxygen atoms in total. The molecule has 2 aromatic carbocycles. The highest BCUT2D eigenvalue weighted by Gasteiger charge is 2.30. The normalized spacial score (nSPS) is 16.1. The van der Waals surface area contributed by atoms with E-state index in [0.717, 1.165) is 24.3 Å². The van der Waals surface area contributed by atoms with Crippen LogP contribution < -0.4 is 9.05 Å². The van der Waals surface area contributed by atoms with Crippen LogP contribution in [-0.4, -0.2) is 6.10 Å². The SMILES string of the molecule is CC(C)(C)c1ccc(OP(Oc2ccc(C(C)(C)C)c(C(C)(C)C)c2)OC2CCCCC2)cc1C(C)(C)C. The van der Waals surface area contributed by atoms with Gasteiger partial charge in [0.25, 0.3) is 0 Å². The summed E-state index contributed by atoms with van der Waals surface area (Å²) in [5, 5.41) is 0. The average molecular weight is 541 g/mol. The van der Waals surface area contributed by atoms with Gasteiger partial charge in [0.15, 0.2) is 0 Å². The Morgan fingerprint density at radius 2 is 0.895 bits per heavy atom. The molecule has 1 fully saturated rings. The summed E-state index contributed by atoms with van der Waals surface area (Å²) in [5.41, 5.74) is 5.42. The first kappa shape index (κ1) is 31.0. The van der Waals surface area contributed by atoms with E-state index in [2.05, 4.69) is 119 Å². The molecule has 0 N–H and O–H groups in total. The standard InChI is InChI=1S/C34H53O3P/c1-31(2,3)27-20-18-25(22-29(27)33(7,8)9)36-38(35-24-16-14-13-15-17-24)37-26-19-21-28(32(4,5)6)30(23-26)34(10,11)12/h18-24H,13-17H2,1-12H3. The molecule has 0 heterocycles. The lowest BCUT2D eigenvalue weighted by molar-refractivity contribution is 0.138. The van der Waals surface area contributed by atoms with Crippen LogP contribution in [0, 0.1) is 0 Å². The average Bonchev–Trinajstić information content (AvgIpc) is 2.77. The lowest BCUT2D eigenvalue weighted by Gasteiger charge is -2.32. The van der Waals surface area contributed by atoms with Crippen molar-refractivity contribution in [1.82, 2.24) is 0 Å². The Labute approximate surface area is 235 Å². The van der Waals surface area contributed by atoms with Crippen LogP contribution in [0.4, 0.5) is 0 Å². The van der Waals surface area contributed by atoms with Crippen molar-refractivity contribution in [2.45, 2.75) is 143 Å². The number of hydrogen-bond donors (Lipinski definition) is 0. The van der Waals surface area contributed by atoms with E-state index < -0.39 is 8.60 Å². The smallest absolute Gasteiger partial charge is 0.418 e. The van der Waals surface area contributed by atoms with Gasteiger partial charge in [-0.25, -0.2) is 0 Å². The summed E-state index contributed by atoms with van der Waals surface area (Å²) in [6, 6.07) is 13.0. The predicted molar refractivity (Wildman–Crippen MR) is 164 cm³/mol. The van der Waals surface area contributed by atoms with Gasteiger partial charge in [-0.1, -0.05) is 114 Å². The lowest BCUT2D eigenvalue weighted by Crippen LogP contribution is -2.22. The van der Waals surface area contributed by atoms with E-state index in [9.17, 15) is 0 Å². The zero-order chi connectivity index (χ0) is 28.5. The third-order valence-corrected chi connectivity index (χ3v) is 8.55. The lowest BCUT2D eigenvalue weighted by atomic mass is 9.75. The maximum absolute atomic E-state index is 6.57. The van der Waals surface area contributed by atoms with Crippen LogP contribution in [0.3, 0.4) is 0 Å². The minimum atomic E-state index is -1.61. The zero-order valence-corrected chi connectivity index (χ0v) is 27.1. The maximum atomic E-state index is 6.57. The van der Waals surface area contributed by atoms with Crippen molar-refractivity contribution in [3.8, 4) is 11.5 Å². The largest absolute Gasteiger partial charge is 0.463 e. The zero-order valence-electron chi connectivity index (χ0n) is 26.2. The molecule has 2 aromatic rings. The third-order valence-electron chi connectivity index (χ3n) is 7.36. The van der Waals surface area contributed by atoms with Gasteiger partial charge >= 0.3 is 8.60 Å². The van der Waals surface area contributed by atoms with E-state index in [4.69, 9.17) is 13.6 Å². The summed E-state index contributed by atoms with van der Waals surface area (Å²) in [7, 11) is -1.61. The first-order chi connectivity index (χ1) is 17.4. The summed E-state index contributed by atoms with van der Waals surface area (Å²) in [6.07, 6.45) is 6.01. The van der Waals surface area contributed by atoms with Crippen molar-refractivity contribution in [3.63, 3.8) is 0 Å². The molecule has 212 valence electrons. The molecule has 0 radical (unpaired) electrons. The topological polar surface area (TPSA) is 27.7 Å². The maximum Gasteiger partial charge on any atom is 0.463 e.